The lowest BCUT2D eigenvalue weighted by molar-refractivity contribution is -0.121. The Morgan fingerprint density at radius 2 is 1.90 bits per heavy atom. The molecule has 1 aromatic carbocycles. The fourth-order valence-corrected chi connectivity index (χ4v) is 2.99. The van der Waals surface area contributed by atoms with E-state index in [0.717, 1.165) is 5.56 Å². The van der Waals surface area contributed by atoms with Gasteiger partial charge < -0.3 is 10.1 Å². The van der Waals surface area contributed by atoms with E-state index in [1.807, 2.05) is 6.92 Å². The number of ether oxygens (including phenoxy) is 1. The van der Waals surface area contributed by atoms with Crippen molar-refractivity contribution in [2.75, 3.05) is 13.2 Å². The molecular weight excluding hydrogens is 292 g/mol. The first-order valence-electron chi connectivity index (χ1n) is 6.71. The molecule has 21 heavy (non-hydrogen) atoms. The lowest BCUT2D eigenvalue weighted by Crippen LogP contribution is -2.24. The van der Waals surface area contributed by atoms with Gasteiger partial charge in [-0.1, -0.05) is 0 Å². The molecule has 0 saturated carbocycles. The van der Waals surface area contributed by atoms with Crippen LogP contribution in [0.15, 0.2) is 11.0 Å². The number of amides is 1. The van der Waals surface area contributed by atoms with E-state index < -0.39 is 10.0 Å². The monoisotopic (exact) mass is 314 g/mol. The molecule has 0 aliphatic heterocycles. The van der Waals surface area contributed by atoms with Crippen molar-refractivity contribution in [3.63, 3.8) is 0 Å². The molecule has 0 unspecified atom stereocenters. The SMILES string of the molecule is CCNC(=O)CCOc1c(C)cc(S(N)(=O)=O)c(C)c1C. The van der Waals surface area contributed by atoms with Gasteiger partial charge in [0.15, 0.2) is 0 Å². The van der Waals surface area contributed by atoms with E-state index in [0.29, 0.717) is 23.4 Å². The van der Waals surface area contributed by atoms with Gasteiger partial charge in [0.25, 0.3) is 0 Å². The second kappa shape index (κ2) is 6.91. The van der Waals surface area contributed by atoms with Crippen LogP contribution in [0, 0.1) is 20.8 Å². The van der Waals surface area contributed by atoms with Gasteiger partial charge in [-0.2, -0.15) is 0 Å². The van der Waals surface area contributed by atoms with Crippen LogP contribution in [0.1, 0.15) is 30.0 Å². The van der Waals surface area contributed by atoms with Crippen LogP contribution in [0.5, 0.6) is 5.75 Å². The van der Waals surface area contributed by atoms with Gasteiger partial charge in [-0.05, 0) is 50.5 Å². The minimum atomic E-state index is -3.76. The van der Waals surface area contributed by atoms with Crippen molar-refractivity contribution < 1.29 is 17.9 Å². The largest absolute Gasteiger partial charge is 0.492 e. The molecular formula is C14H22N2O4S. The third-order valence-electron chi connectivity index (χ3n) is 3.23. The average Bonchev–Trinajstić information content (AvgIpc) is 2.37. The zero-order chi connectivity index (χ0) is 16.2. The smallest absolute Gasteiger partial charge is 0.238 e. The van der Waals surface area contributed by atoms with Gasteiger partial charge in [0.1, 0.15) is 5.75 Å². The van der Waals surface area contributed by atoms with Gasteiger partial charge >= 0.3 is 0 Å². The fourth-order valence-electron chi connectivity index (χ4n) is 2.07. The number of hydrogen-bond acceptors (Lipinski definition) is 4. The summed E-state index contributed by atoms with van der Waals surface area (Å²) in [7, 11) is -3.76. The molecule has 1 amide bonds. The van der Waals surface area contributed by atoms with Crippen LogP contribution in [0.3, 0.4) is 0 Å². The van der Waals surface area contributed by atoms with Gasteiger partial charge in [0.2, 0.25) is 15.9 Å². The lowest BCUT2D eigenvalue weighted by atomic mass is 10.1. The molecule has 0 atom stereocenters. The molecule has 0 saturated heterocycles. The number of aryl methyl sites for hydroxylation is 1. The van der Waals surface area contributed by atoms with Crippen LogP contribution in [0.25, 0.3) is 0 Å². The molecule has 0 heterocycles. The number of nitrogens with one attached hydrogen (secondary N) is 1. The number of primary sulfonamides is 1. The number of hydrogen-bond donors (Lipinski definition) is 2. The highest BCUT2D eigenvalue weighted by molar-refractivity contribution is 7.89. The van der Waals surface area contributed by atoms with Gasteiger partial charge in [-0.3, -0.25) is 4.79 Å². The fraction of sp³-hybridized carbons (Fsp3) is 0.500. The standard InChI is InChI=1S/C14H22N2O4S/c1-5-16-13(17)6-7-20-14-9(2)8-12(21(15,18)19)10(3)11(14)4/h8H,5-7H2,1-4H3,(H,16,17)(H2,15,18,19). The van der Waals surface area contributed by atoms with Crippen LogP contribution in [0.4, 0.5) is 0 Å². The summed E-state index contributed by atoms with van der Waals surface area (Å²) in [5, 5.41) is 7.88. The van der Waals surface area contributed by atoms with Crippen LogP contribution in [-0.2, 0) is 14.8 Å². The Hall–Kier alpha value is -1.60. The van der Waals surface area contributed by atoms with E-state index in [9.17, 15) is 13.2 Å². The highest BCUT2D eigenvalue weighted by atomic mass is 32.2. The summed E-state index contributed by atoms with van der Waals surface area (Å²) in [6.07, 6.45) is 0.253. The Labute approximate surface area is 125 Å². The molecule has 3 N–H and O–H groups in total. The number of carbonyl (C=O) groups excluding carboxylic acids is 1. The summed E-state index contributed by atoms with van der Waals surface area (Å²) in [6.45, 7) is 7.88. The maximum Gasteiger partial charge on any atom is 0.238 e. The van der Waals surface area contributed by atoms with Crippen molar-refractivity contribution in [1.29, 1.82) is 0 Å². The minimum Gasteiger partial charge on any atom is -0.492 e. The van der Waals surface area contributed by atoms with Gasteiger partial charge in [-0.15, -0.1) is 0 Å². The Balaban J connectivity index is 2.95. The molecule has 0 spiro atoms. The van der Waals surface area contributed by atoms with E-state index in [1.165, 1.54) is 6.07 Å². The van der Waals surface area contributed by atoms with Crippen molar-refractivity contribution >= 4 is 15.9 Å². The third kappa shape index (κ3) is 4.44. The Kier molecular flexibility index (Phi) is 5.74. The number of nitrogens with two attached hydrogens (primary N) is 1. The van der Waals surface area contributed by atoms with Crippen LogP contribution < -0.4 is 15.2 Å². The maximum absolute atomic E-state index is 11.5. The molecule has 0 bridgehead atoms. The van der Waals surface area contributed by atoms with Crippen LogP contribution in [-0.4, -0.2) is 27.5 Å². The van der Waals surface area contributed by atoms with Crippen LogP contribution >= 0.6 is 0 Å². The molecule has 0 aliphatic rings. The van der Waals surface area contributed by atoms with E-state index in [2.05, 4.69) is 5.32 Å². The molecule has 0 fully saturated rings. The number of carbonyl (C=O) groups is 1. The Bertz CT molecular complexity index is 639. The Morgan fingerprint density at radius 1 is 1.29 bits per heavy atom. The molecule has 7 heteroatoms. The van der Waals surface area contributed by atoms with Crippen LogP contribution in [0.2, 0.25) is 0 Å². The summed E-state index contributed by atoms with van der Waals surface area (Å²) in [6, 6.07) is 1.50. The molecule has 0 aliphatic carbocycles. The number of rotatable bonds is 6. The molecule has 1 rings (SSSR count). The zero-order valence-electron chi connectivity index (χ0n) is 12.8. The predicted octanol–water partition coefficient (Wildman–Crippen LogP) is 1.16. The second-order valence-electron chi connectivity index (χ2n) is 4.87. The topological polar surface area (TPSA) is 98.5 Å². The normalized spacial score (nSPS) is 11.3. The maximum atomic E-state index is 11.5. The van der Waals surface area contributed by atoms with Crippen molar-refractivity contribution in [2.24, 2.45) is 5.14 Å². The van der Waals surface area contributed by atoms with Crippen molar-refractivity contribution in [2.45, 2.75) is 39.0 Å². The highest BCUT2D eigenvalue weighted by Gasteiger charge is 2.18. The molecule has 118 valence electrons. The summed E-state index contributed by atoms with van der Waals surface area (Å²) in [5.74, 6) is 0.523. The molecule has 1 aromatic rings. The highest BCUT2D eigenvalue weighted by Crippen LogP contribution is 2.30. The predicted molar refractivity (Wildman–Crippen MR) is 80.8 cm³/mol. The summed E-state index contributed by atoms with van der Waals surface area (Å²) >= 11 is 0. The van der Waals surface area contributed by atoms with E-state index in [-0.39, 0.29) is 23.8 Å². The first kappa shape index (κ1) is 17.5. The summed E-state index contributed by atoms with van der Waals surface area (Å²) < 4.78 is 28.7. The summed E-state index contributed by atoms with van der Waals surface area (Å²) in [5.41, 5.74) is 1.96. The minimum absolute atomic E-state index is 0.0781. The first-order valence-corrected chi connectivity index (χ1v) is 8.26. The summed E-state index contributed by atoms with van der Waals surface area (Å²) in [4.78, 5) is 11.5. The van der Waals surface area contributed by atoms with E-state index in [4.69, 9.17) is 9.88 Å². The third-order valence-corrected chi connectivity index (χ3v) is 4.27. The molecule has 0 radical (unpaired) electrons. The number of benzene rings is 1. The molecule has 6 nitrogen and oxygen atoms in total. The van der Waals surface area contributed by atoms with Crippen molar-refractivity contribution in [3.05, 3.63) is 22.8 Å². The van der Waals surface area contributed by atoms with Crippen molar-refractivity contribution in [3.8, 4) is 5.75 Å². The number of sulfonamides is 1. The Morgan fingerprint density at radius 3 is 2.43 bits per heavy atom. The van der Waals surface area contributed by atoms with Gasteiger partial charge in [0, 0.05) is 6.54 Å². The second-order valence-corrected chi connectivity index (χ2v) is 6.40. The van der Waals surface area contributed by atoms with Gasteiger partial charge in [-0.25, -0.2) is 13.6 Å². The van der Waals surface area contributed by atoms with E-state index >= 15 is 0 Å². The van der Waals surface area contributed by atoms with E-state index in [1.54, 1.807) is 20.8 Å². The molecule has 0 aromatic heterocycles. The average molecular weight is 314 g/mol. The van der Waals surface area contributed by atoms with Gasteiger partial charge in [0.05, 0.1) is 17.9 Å². The van der Waals surface area contributed by atoms with Crippen molar-refractivity contribution in [1.82, 2.24) is 5.32 Å². The first-order chi connectivity index (χ1) is 9.68. The quantitative estimate of drug-likeness (QED) is 0.823. The zero-order valence-corrected chi connectivity index (χ0v) is 13.6. The lowest BCUT2D eigenvalue weighted by Gasteiger charge is -2.16.